The quantitative estimate of drug-likeness (QED) is 0.306. The predicted molar refractivity (Wildman–Crippen MR) is 132 cm³/mol. The van der Waals surface area contributed by atoms with E-state index in [4.69, 9.17) is 16.3 Å². The highest BCUT2D eigenvalue weighted by Crippen LogP contribution is 2.25. The molecule has 0 aliphatic carbocycles. The van der Waals surface area contributed by atoms with Crippen LogP contribution in [0.4, 0.5) is 10.5 Å². The third kappa shape index (κ3) is 5.15. The first-order chi connectivity index (χ1) is 16.9. The molecule has 4 amide bonds. The summed E-state index contributed by atoms with van der Waals surface area (Å²) in [6.45, 7) is 1.92. The number of esters is 1. The van der Waals surface area contributed by atoms with Crippen molar-refractivity contribution in [1.82, 2.24) is 5.32 Å². The second kappa shape index (κ2) is 10.4. The van der Waals surface area contributed by atoms with E-state index in [1.54, 1.807) is 25.1 Å². The first-order valence-electron chi connectivity index (χ1n) is 10.9. The Morgan fingerprint density at radius 2 is 1.60 bits per heavy atom. The summed E-state index contributed by atoms with van der Waals surface area (Å²) in [5.41, 5.74) is 2.71. The second-order valence-electron chi connectivity index (χ2n) is 7.69. The molecule has 1 aliphatic rings. The number of anilines is 1. The fraction of sp³-hybridized carbons (Fsp3) is 0.111. The van der Waals surface area contributed by atoms with Crippen LogP contribution in [-0.4, -0.2) is 30.4 Å². The summed E-state index contributed by atoms with van der Waals surface area (Å²) < 4.78 is 4.95. The van der Waals surface area contributed by atoms with Gasteiger partial charge in [0.1, 0.15) is 5.57 Å². The molecule has 4 rings (SSSR count). The molecule has 1 N–H and O–H groups in total. The zero-order valence-electron chi connectivity index (χ0n) is 18.8. The van der Waals surface area contributed by atoms with Crippen LogP contribution in [0.25, 0.3) is 6.08 Å². The van der Waals surface area contributed by atoms with Crippen molar-refractivity contribution in [2.75, 3.05) is 11.5 Å². The van der Waals surface area contributed by atoms with E-state index in [0.29, 0.717) is 17.0 Å². The molecule has 3 aromatic rings. The first-order valence-corrected chi connectivity index (χ1v) is 11.3. The van der Waals surface area contributed by atoms with Crippen molar-refractivity contribution in [2.24, 2.45) is 0 Å². The lowest BCUT2D eigenvalue weighted by atomic mass is 9.97. The minimum atomic E-state index is -0.870. The number of barbiturate groups is 1. The van der Waals surface area contributed by atoms with Gasteiger partial charge in [0.15, 0.2) is 0 Å². The van der Waals surface area contributed by atoms with E-state index >= 15 is 0 Å². The molecule has 0 aromatic heterocycles. The van der Waals surface area contributed by atoms with Crippen molar-refractivity contribution >= 4 is 47.2 Å². The lowest BCUT2D eigenvalue weighted by Gasteiger charge is -2.26. The van der Waals surface area contributed by atoms with Crippen molar-refractivity contribution < 1.29 is 23.9 Å². The number of nitrogens with one attached hydrogen (secondary N) is 1. The number of amides is 4. The van der Waals surface area contributed by atoms with Gasteiger partial charge >= 0.3 is 12.0 Å². The van der Waals surface area contributed by atoms with Gasteiger partial charge in [0.05, 0.1) is 17.9 Å². The Labute approximate surface area is 207 Å². The van der Waals surface area contributed by atoms with Crippen molar-refractivity contribution in [3.63, 3.8) is 0 Å². The van der Waals surface area contributed by atoms with Crippen LogP contribution >= 0.6 is 11.6 Å². The zero-order valence-corrected chi connectivity index (χ0v) is 19.5. The van der Waals surface area contributed by atoms with E-state index in [0.717, 1.165) is 16.0 Å². The molecule has 8 heteroatoms. The maximum absolute atomic E-state index is 13.3. The third-order valence-electron chi connectivity index (χ3n) is 5.43. The minimum Gasteiger partial charge on any atom is -0.462 e. The van der Waals surface area contributed by atoms with Crippen molar-refractivity contribution in [1.29, 1.82) is 0 Å². The van der Waals surface area contributed by atoms with Crippen LogP contribution in [0.2, 0.25) is 5.02 Å². The number of ether oxygens (including phenoxy) is 1. The highest BCUT2D eigenvalue weighted by molar-refractivity contribution is 6.39. The maximum atomic E-state index is 13.3. The Bertz CT molecular complexity index is 1350. The van der Waals surface area contributed by atoms with Gasteiger partial charge in [0.25, 0.3) is 11.8 Å². The molecule has 0 atom stereocenters. The average molecular weight is 489 g/mol. The molecule has 1 heterocycles. The summed E-state index contributed by atoms with van der Waals surface area (Å²) >= 11 is 6.31. The zero-order chi connectivity index (χ0) is 24.9. The number of nitrogens with zero attached hydrogens (tertiary/aromatic N) is 1. The van der Waals surface area contributed by atoms with Gasteiger partial charge in [-0.25, -0.2) is 14.5 Å². The number of urea groups is 1. The average Bonchev–Trinajstić information content (AvgIpc) is 2.84. The summed E-state index contributed by atoms with van der Waals surface area (Å²) in [6.07, 6.45) is 1.96. The van der Waals surface area contributed by atoms with Gasteiger partial charge < -0.3 is 4.74 Å². The Balaban J connectivity index is 1.66. The smallest absolute Gasteiger partial charge is 0.338 e. The Kier molecular flexibility index (Phi) is 7.08. The number of carbonyl (C=O) groups is 4. The summed E-state index contributed by atoms with van der Waals surface area (Å²) in [6, 6.07) is 19.7. The fourth-order valence-electron chi connectivity index (χ4n) is 3.69. The molecule has 0 spiro atoms. The van der Waals surface area contributed by atoms with Crippen LogP contribution in [0.3, 0.4) is 0 Å². The Hall–Kier alpha value is -4.23. The van der Waals surface area contributed by atoms with E-state index in [1.165, 1.54) is 30.3 Å². The third-order valence-corrected chi connectivity index (χ3v) is 5.80. The van der Waals surface area contributed by atoms with Crippen LogP contribution in [0.5, 0.6) is 0 Å². The number of rotatable bonds is 6. The van der Waals surface area contributed by atoms with Crippen LogP contribution < -0.4 is 10.2 Å². The minimum absolute atomic E-state index is 0.189. The topological polar surface area (TPSA) is 92.8 Å². The van der Waals surface area contributed by atoms with E-state index in [1.807, 2.05) is 30.3 Å². The summed E-state index contributed by atoms with van der Waals surface area (Å²) in [5.74, 6) is -2.07. The van der Waals surface area contributed by atoms with Crippen molar-refractivity contribution in [2.45, 2.75) is 13.3 Å². The highest BCUT2D eigenvalue weighted by Gasteiger charge is 2.37. The normalized spacial score (nSPS) is 14.7. The van der Waals surface area contributed by atoms with Crippen LogP contribution in [0.1, 0.15) is 34.0 Å². The van der Waals surface area contributed by atoms with Crippen LogP contribution in [0, 0.1) is 0 Å². The summed E-state index contributed by atoms with van der Waals surface area (Å²) in [5, 5.41) is 2.83. The Morgan fingerprint density at radius 3 is 2.29 bits per heavy atom. The molecule has 0 radical (unpaired) electrons. The molecule has 35 heavy (non-hydrogen) atoms. The monoisotopic (exact) mass is 488 g/mol. The van der Waals surface area contributed by atoms with E-state index < -0.39 is 23.8 Å². The number of carbonyl (C=O) groups excluding carboxylic acids is 4. The van der Waals surface area contributed by atoms with Crippen LogP contribution in [-0.2, 0) is 20.7 Å². The summed E-state index contributed by atoms with van der Waals surface area (Å²) in [7, 11) is 0. The molecule has 176 valence electrons. The van der Waals surface area contributed by atoms with Gasteiger partial charge in [-0.05, 0) is 66.4 Å². The number of benzene rings is 3. The molecule has 0 unspecified atom stereocenters. The molecule has 0 bridgehead atoms. The molecular weight excluding hydrogens is 468 g/mol. The standard InChI is InChI=1S/C27H21ClN2O5/c1-2-35-26(33)17-11-13-21(14-12-17)30-25(32)22(24(31)29-27(30)34)16-19-8-4-3-7-18(19)15-20-9-5-6-10-23(20)28/h3-14,16H,2,15H2,1H3,(H,29,31,34)/b22-16+. The molecule has 1 fully saturated rings. The van der Waals surface area contributed by atoms with Gasteiger partial charge in [0, 0.05) is 5.02 Å². The highest BCUT2D eigenvalue weighted by atomic mass is 35.5. The van der Waals surface area contributed by atoms with Gasteiger partial charge in [-0.15, -0.1) is 0 Å². The maximum Gasteiger partial charge on any atom is 0.338 e. The molecular formula is C27H21ClN2O5. The molecule has 0 saturated carbocycles. The second-order valence-corrected chi connectivity index (χ2v) is 8.10. The largest absolute Gasteiger partial charge is 0.462 e. The first kappa shape index (κ1) is 23.9. The van der Waals surface area contributed by atoms with Crippen LogP contribution in [0.15, 0.2) is 78.4 Å². The molecule has 1 saturated heterocycles. The molecule has 3 aromatic carbocycles. The molecule has 7 nitrogen and oxygen atoms in total. The Morgan fingerprint density at radius 1 is 0.943 bits per heavy atom. The van der Waals surface area contributed by atoms with Crippen molar-refractivity contribution in [3.8, 4) is 0 Å². The molecule has 1 aliphatic heterocycles. The summed E-state index contributed by atoms with van der Waals surface area (Å²) in [4.78, 5) is 51.1. The lowest BCUT2D eigenvalue weighted by Crippen LogP contribution is -2.54. The number of hydrogen-bond donors (Lipinski definition) is 1. The van der Waals surface area contributed by atoms with Crippen molar-refractivity contribution in [3.05, 3.63) is 106 Å². The van der Waals surface area contributed by atoms with Gasteiger partial charge in [-0.3, -0.25) is 14.9 Å². The number of imide groups is 2. The van der Waals surface area contributed by atoms with E-state index in [2.05, 4.69) is 5.32 Å². The number of hydrogen-bond acceptors (Lipinski definition) is 5. The van der Waals surface area contributed by atoms with Gasteiger partial charge in [-0.1, -0.05) is 54.1 Å². The lowest BCUT2D eigenvalue weighted by molar-refractivity contribution is -0.122. The van der Waals surface area contributed by atoms with Gasteiger partial charge in [0.2, 0.25) is 0 Å². The fourth-order valence-corrected chi connectivity index (χ4v) is 3.89. The predicted octanol–water partition coefficient (Wildman–Crippen LogP) is 4.77. The van der Waals surface area contributed by atoms with Gasteiger partial charge in [-0.2, -0.15) is 0 Å². The number of halogens is 1. The van der Waals surface area contributed by atoms with E-state index in [9.17, 15) is 19.2 Å². The van der Waals surface area contributed by atoms with E-state index in [-0.39, 0.29) is 23.4 Å². The SMILES string of the molecule is CCOC(=O)c1ccc(N2C(=O)NC(=O)/C(=C\c3ccccc3Cc3ccccc3Cl)C2=O)cc1.